The van der Waals surface area contributed by atoms with Gasteiger partial charge in [0.1, 0.15) is 11.8 Å². The summed E-state index contributed by atoms with van der Waals surface area (Å²) in [5.41, 5.74) is 0.352. The van der Waals surface area contributed by atoms with E-state index in [-0.39, 0.29) is 18.1 Å². The van der Waals surface area contributed by atoms with E-state index in [4.69, 9.17) is 9.47 Å². The van der Waals surface area contributed by atoms with Crippen LogP contribution in [0, 0.1) is 0 Å². The van der Waals surface area contributed by atoms with Crippen molar-refractivity contribution in [3.8, 4) is 5.75 Å². The molecule has 2 aromatic carbocycles. The van der Waals surface area contributed by atoms with Gasteiger partial charge in [0, 0.05) is 10.2 Å². The van der Waals surface area contributed by atoms with E-state index >= 15 is 0 Å². The Kier molecular flexibility index (Phi) is 8.78. The highest BCUT2D eigenvalue weighted by Gasteiger charge is 2.25. The zero-order valence-corrected chi connectivity index (χ0v) is 18.4. The van der Waals surface area contributed by atoms with Crippen LogP contribution in [0.4, 0.5) is 5.69 Å². The Labute approximate surface area is 182 Å². The molecule has 1 amide bonds. The number of carbonyl (C=O) groups is 2. The topological polar surface area (TPSA) is 131 Å². The van der Waals surface area contributed by atoms with Gasteiger partial charge in [0.15, 0.2) is 6.61 Å². The fourth-order valence-electron chi connectivity index (χ4n) is 2.25. The van der Waals surface area contributed by atoms with Crippen molar-refractivity contribution in [3.63, 3.8) is 0 Å². The fourth-order valence-corrected chi connectivity index (χ4v) is 3.70. The van der Waals surface area contributed by atoms with Crippen LogP contribution in [-0.2, 0) is 24.3 Å². The third-order valence-corrected chi connectivity index (χ3v) is 5.72. The number of rotatable bonds is 10. The van der Waals surface area contributed by atoms with Crippen LogP contribution in [0.25, 0.3) is 0 Å². The molecule has 1 atom stereocenters. The van der Waals surface area contributed by atoms with Gasteiger partial charge in [0.05, 0.1) is 18.1 Å². The first-order chi connectivity index (χ1) is 14.2. The van der Waals surface area contributed by atoms with Gasteiger partial charge < -0.3 is 19.9 Å². The Hall–Kier alpha value is -2.47. The number of nitrogens with one attached hydrogen (secondary N) is 2. The molecule has 3 N–H and O–H groups in total. The number of esters is 1. The second kappa shape index (κ2) is 11.1. The standard InChI is InChI=1S/C19H21BrN2O7S/c1-2-28-18(24)12-29-15-7-5-14(6-8-15)21-19(25)17(11-23)22-30(26,27)16-9-3-13(20)4-10-16/h3-10,17,22-23H,2,11-12H2,1H3,(H,21,25)/t17-/m0/s1. The Morgan fingerprint density at radius 1 is 1.10 bits per heavy atom. The maximum absolute atomic E-state index is 12.4. The quantitative estimate of drug-likeness (QED) is 0.422. The Bertz CT molecular complexity index is 963. The summed E-state index contributed by atoms with van der Waals surface area (Å²) in [5, 5.41) is 12.0. The fraction of sp³-hybridized carbons (Fsp3) is 0.263. The van der Waals surface area contributed by atoms with Gasteiger partial charge in [-0.25, -0.2) is 13.2 Å². The van der Waals surface area contributed by atoms with Gasteiger partial charge in [0.25, 0.3) is 0 Å². The molecular weight excluding hydrogens is 480 g/mol. The van der Waals surface area contributed by atoms with Crippen LogP contribution in [-0.4, -0.2) is 51.3 Å². The predicted molar refractivity (Wildman–Crippen MR) is 113 cm³/mol. The number of benzene rings is 2. The van der Waals surface area contributed by atoms with E-state index in [1.807, 2.05) is 0 Å². The highest BCUT2D eigenvalue weighted by Crippen LogP contribution is 2.17. The second-order valence-corrected chi connectivity index (χ2v) is 8.55. The van der Waals surface area contributed by atoms with Crippen LogP contribution in [0.2, 0.25) is 0 Å². The number of aliphatic hydroxyl groups is 1. The van der Waals surface area contributed by atoms with E-state index in [0.717, 1.165) is 0 Å². The summed E-state index contributed by atoms with van der Waals surface area (Å²) < 4.78 is 37.7. The average Bonchev–Trinajstić information content (AvgIpc) is 2.72. The van der Waals surface area contributed by atoms with Crippen molar-refractivity contribution < 1.29 is 32.6 Å². The van der Waals surface area contributed by atoms with Gasteiger partial charge in [-0.2, -0.15) is 4.72 Å². The lowest BCUT2D eigenvalue weighted by atomic mass is 10.2. The molecule has 0 bridgehead atoms. The van der Waals surface area contributed by atoms with Crippen LogP contribution >= 0.6 is 15.9 Å². The van der Waals surface area contributed by atoms with Gasteiger partial charge in [-0.3, -0.25) is 4.79 Å². The van der Waals surface area contributed by atoms with E-state index < -0.39 is 34.5 Å². The highest BCUT2D eigenvalue weighted by molar-refractivity contribution is 9.10. The van der Waals surface area contributed by atoms with Crippen LogP contribution < -0.4 is 14.8 Å². The molecule has 11 heteroatoms. The molecule has 162 valence electrons. The molecule has 0 aromatic heterocycles. The normalized spacial score (nSPS) is 12.1. The minimum atomic E-state index is -4.01. The molecule has 0 radical (unpaired) electrons. The largest absolute Gasteiger partial charge is 0.482 e. The van der Waals surface area contributed by atoms with Crippen LogP contribution in [0.1, 0.15) is 6.92 Å². The van der Waals surface area contributed by atoms with Gasteiger partial charge >= 0.3 is 5.97 Å². The number of ether oxygens (including phenoxy) is 2. The van der Waals surface area contributed by atoms with Gasteiger partial charge in [-0.05, 0) is 55.5 Å². The number of halogens is 1. The SMILES string of the molecule is CCOC(=O)COc1ccc(NC(=O)[C@H](CO)NS(=O)(=O)c2ccc(Br)cc2)cc1. The molecule has 0 saturated carbocycles. The molecule has 0 heterocycles. The molecule has 0 aliphatic carbocycles. The summed E-state index contributed by atoms with van der Waals surface area (Å²) in [7, 11) is -4.01. The van der Waals surface area contributed by atoms with Crippen molar-refractivity contribution in [1.82, 2.24) is 4.72 Å². The number of carbonyl (C=O) groups excluding carboxylic acids is 2. The lowest BCUT2D eigenvalue weighted by molar-refractivity contribution is -0.145. The maximum atomic E-state index is 12.4. The summed E-state index contributed by atoms with van der Waals surface area (Å²) in [4.78, 5) is 23.6. The monoisotopic (exact) mass is 500 g/mol. The summed E-state index contributed by atoms with van der Waals surface area (Å²) >= 11 is 3.21. The van der Waals surface area contributed by atoms with Crippen LogP contribution in [0.5, 0.6) is 5.75 Å². The highest BCUT2D eigenvalue weighted by atomic mass is 79.9. The predicted octanol–water partition coefficient (Wildman–Crippen LogP) is 1.67. The molecule has 0 aliphatic heterocycles. The lowest BCUT2D eigenvalue weighted by Crippen LogP contribution is -2.46. The molecular formula is C19H21BrN2O7S. The number of hydrogen-bond donors (Lipinski definition) is 3. The van der Waals surface area contributed by atoms with Crippen molar-refractivity contribution in [3.05, 3.63) is 53.0 Å². The summed E-state index contributed by atoms with van der Waals surface area (Å²) in [6, 6.07) is 10.5. The Morgan fingerprint density at radius 3 is 2.30 bits per heavy atom. The smallest absolute Gasteiger partial charge is 0.344 e. The zero-order chi connectivity index (χ0) is 22.1. The Morgan fingerprint density at radius 2 is 1.73 bits per heavy atom. The van der Waals surface area contributed by atoms with E-state index in [9.17, 15) is 23.1 Å². The molecule has 0 aliphatic rings. The molecule has 0 spiro atoms. The summed E-state index contributed by atoms with van der Waals surface area (Å²) in [5.74, 6) is -0.854. The number of amides is 1. The number of sulfonamides is 1. The zero-order valence-electron chi connectivity index (χ0n) is 16.0. The van der Waals surface area contributed by atoms with Crippen molar-refractivity contribution in [2.45, 2.75) is 17.9 Å². The first-order valence-corrected chi connectivity index (χ1v) is 11.1. The first kappa shape index (κ1) is 23.8. The van der Waals surface area contributed by atoms with Crippen molar-refractivity contribution in [1.29, 1.82) is 0 Å². The lowest BCUT2D eigenvalue weighted by Gasteiger charge is -2.16. The third-order valence-electron chi connectivity index (χ3n) is 3.70. The molecule has 30 heavy (non-hydrogen) atoms. The van der Waals surface area contributed by atoms with Crippen LogP contribution in [0.15, 0.2) is 57.9 Å². The number of hydrogen-bond acceptors (Lipinski definition) is 7. The van der Waals surface area contributed by atoms with Gasteiger partial charge in [-0.1, -0.05) is 15.9 Å². The number of aliphatic hydroxyl groups excluding tert-OH is 1. The van der Waals surface area contributed by atoms with Crippen LogP contribution in [0.3, 0.4) is 0 Å². The van der Waals surface area contributed by atoms with Crippen molar-refractivity contribution in [2.24, 2.45) is 0 Å². The van der Waals surface area contributed by atoms with Crippen molar-refractivity contribution >= 4 is 43.5 Å². The average molecular weight is 501 g/mol. The first-order valence-electron chi connectivity index (χ1n) is 8.83. The molecule has 0 saturated heterocycles. The Balaban J connectivity index is 1.97. The van der Waals surface area contributed by atoms with E-state index in [0.29, 0.717) is 15.9 Å². The third kappa shape index (κ3) is 7.10. The maximum Gasteiger partial charge on any atom is 0.344 e. The summed E-state index contributed by atoms with van der Waals surface area (Å²) in [6.07, 6.45) is 0. The minimum Gasteiger partial charge on any atom is -0.482 e. The van der Waals surface area contributed by atoms with E-state index in [1.54, 1.807) is 19.1 Å². The molecule has 2 aromatic rings. The van der Waals surface area contributed by atoms with Gasteiger partial charge in [0.2, 0.25) is 15.9 Å². The van der Waals surface area contributed by atoms with E-state index in [2.05, 4.69) is 26.0 Å². The molecule has 0 unspecified atom stereocenters. The summed E-state index contributed by atoms with van der Waals surface area (Å²) in [6.45, 7) is 0.963. The van der Waals surface area contributed by atoms with E-state index in [1.165, 1.54) is 36.4 Å². The van der Waals surface area contributed by atoms with Gasteiger partial charge in [-0.15, -0.1) is 0 Å². The van der Waals surface area contributed by atoms with Crippen molar-refractivity contribution in [2.75, 3.05) is 25.1 Å². The minimum absolute atomic E-state index is 0.0416. The number of anilines is 1. The molecule has 2 rings (SSSR count). The second-order valence-electron chi connectivity index (χ2n) is 5.92. The molecule has 9 nitrogen and oxygen atoms in total. The molecule has 0 fully saturated rings.